The van der Waals surface area contributed by atoms with E-state index in [-0.39, 0.29) is 10.8 Å². The highest BCUT2D eigenvalue weighted by Crippen LogP contribution is 2.32. The molecule has 1 aliphatic heterocycles. The van der Waals surface area contributed by atoms with Gasteiger partial charge in [-0.05, 0) is 67.4 Å². The molecule has 0 saturated carbocycles. The Hall–Kier alpha value is -3.43. The maximum Gasteiger partial charge on any atom is 0.264 e. The van der Waals surface area contributed by atoms with Crippen molar-refractivity contribution in [1.82, 2.24) is 9.88 Å². The van der Waals surface area contributed by atoms with Gasteiger partial charge in [-0.25, -0.2) is 13.4 Å². The first-order valence-corrected chi connectivity index (χ1v) is 14.1. The highest BCUT2D eigenvalue weighted by Gasteiger charge is 2.26. The second-order valence-corrected chi connectivity index (χ2v) is 12.0. The van der Waals surface area contributed by atoms with E-state index in [4.69, 9.17) is 4.98 Å². The number of aryl methyl sites for hydroxylation is 2. The minimum absolute atomic E-state index is 0.0919. The third kappa shape index (κ3) is 4.56. The molecule has 2 heterocycles. The maximum atomic E-state index is 13.1. The molecule has 9 heteroatoms. The van der Waals surface area contributed by atoms with Gasteiger partial charge in [0.2, 0.25) is 0 Å². The summed E-state index contributed by atoms with van der Waals surface area (Å²) in [6, 6.07) is 19.4. The quantitative estimate of drug-likeness (QED) is 0.381. The summed E-state index contributed by atoms with van der Waals surface area (Å²) in [7, 11) is -2.19. The number of piperazine rings is 1. The molecule has 186 valence electrons. The standard InChI is InChI=1S/C27H28N4O3S2/c1-19-17-20(2)25-24(18-19)35-27(28-25)31-15-13-30(14-16-31)26(32)21-9-11-23(12-10-21)36(33,34)29(3)22-7-5-4-6-8-22/h4-12,17-18H,13-16H2,1-3H3. The van der Waals surface area contributed by atoms with Gasteiger partial charge in [0.1, 0.15) is 0 Å². The van der Waals surface area contributed by atoms with Crippen molar-refractivity contribution >= 4 is 48.3 Å². The lowest BCUT2D eigenvalue weighted by Crippen LogP contribution is -2.48. The number of thiazole rings is 1. The van der Waals surface area contributed by atoms with E-state index in [2.05, 4.69) is 30.9 Å². The predicted octanol–water partition coefficient (Wildman–Crippen LogP) is 4.70. The van der Waals surface area contributed by atoms with Crippen LogP contribution in [0.4, 0.5) is 10.8 Å². The van der Waals surface area contributed by atoms with E-state index in [1.54, 1.807) is 47.7 Å². The Morgan fingerprint density at radius 2 is 1.61 bits per heavy atom. The molecule has 0 radical (unpaired) electrons. The van der Waals surface area contributed by atoms with E-state index in [1.165, 1.54) is 39.3 Å². The van der Waals surface area contributed by atoms with Crippen molar-refractivity contribution in [1.29, 1.82) is 0 Å². The van der Waals surface area contributed by atoms with Crippen LogP contribution in [-0.4, -0.2) is 57.4 Å². The molecule has 0 unspecified atom stereocenters. The molecule has 0 aliphatic carbocycles. The minimum atomic E-state index is -3.72. The highest BCUT2D eigenvalue weighted by atomic mass is 32.2. The predicted molar refractivity (Wildman–Crippen MR) is 146 cm³/mol. The topological polar surface area (TPSA) is 73.8 Å². The van der Waals surface area contributed by atoms with Crippen molar-refractivity contribution in [3.05, 3.63) is 83.4 Å². The fourth-order valence-electron chi connectivity index (χ4n) is 4.48. The minimum Gasteiger partial charge on any atom is -0.345 e. The summed E-state index contributed by atoms with van der Waals surface area (Å²) in [4.78, 5) is 22.2. The molecule has 5 rings (SSSR count). The molecule has 1 amide bonds. The number of nitrogens with zero attached hydrogens (tertiary/aromatic N) is 4. The monoisotopic (exact) mass is 520 g/mol. The molecule has 36 heavy (non-hydrogen) atoms. The lowest BCUT2D eigenvalue weighted by Gasteiger charge is -2.34. The molecule has 1 aromatic heterocycles. The number of hydrogen-bond acceptors (Lipinski definition) is 6. The molecule has 0 N–H and O–H groups in total. The van der Waals surface area contributed by atoms with Crippen LogP contribution in [0.1, 0.15) is 21.5 Å². The number of fused-ring (bicyclic) bond motifs is 1. The van der Waals surface area contributed by atoms with Crippen LogP contribution in [0.2, 0.25) is 0 Å². The fourth-order valence-corrected chi connectivity index (χ4v) is 6.87. The first kappa shape index (κ1) is 24.3. The molecular formula is C27H28N4O3S2. The Morgan fingerprint density at radius 3 is 2.28 bits per heavy atom. The van der Waals surface area contributed by atoms with E-state index in [0.717, 1.165) is 10.6 Å². The molecule has 1 fully saturated rings. The molecule has 3 aromatic carbocycles. The first-order chi connectivity index (χ1) is 17.2. The summed E-state index contributed by atoms with van der Waals surface area (Å²) >= 11 is 1.69. The van der Waals surface area contributed by atoms with E-state index in [9.17, 15) is 13.2 Å². The van der Waals surface area contributed by atoms with Gasteiger partial charge in [0.25, 0.3) is 15.9 Å². The van der Waals surface area contributed by atoms with Crippen LogP contribution in [-0.2, 0) is 10.0 Å². The third-order valence-corrected chi connectivity index (χ3v) is 9.40. The van der Waals surface area contributed by atoms with E-state index in [0.29, 0.717) is 37.4 Å². The third-order valence-electron chi connectivity index (χ3n) is 6.54. The van der Waals surface area contributed by atoms with Crippen LogP contribution in [0.15, 0.2) is 71.6 Å². The van der Waals surface area contributed by atoms with E-state index >= 15 is 0 Å². The summed E-state index contributed by atoms with van der Waals surface area (Å²) in [6.07, 6.45) is 0. The zero-order valence-electron chi connectivity index (χ0n) is 20.5. The Morgan fingerprint density at radius 1 is 0.944 bits per heavy atom. The average molecular weight is 521 g/mol. The Kier molecular flexibility index (Phi) is 6.44. The van der Waals surface area contributed by atoms with Gasteiger partial charge in [0.15, 0.2) is 5.13 Å². The number of anilines is 2. The number of benzene rings is 3. The summed E-state index contributed by atoms with van der Waals surface area (Å²) in [5.41, 5.74) is 4.52. The largest absolute Gasteiger partial charge is 0.345 e. The van der Waals surface area contributed by atoms with Gasteiger partial charge in [-0.3, -0.25) is 9.10 Å². The van der Waals surface area contributed by atoms with Crippen molar-refractivity contribution < 1.29 is 13.2 Å². The van der Waals surface area contributed by atoms with Gasteiger partial charge in [0, 0.05) is 38.8 Å². The Labute approximate surface area is 215 Å². The molecule has 1 saturated heterocycles. The van der Waals surface area contributed by atoms with Gasteiger partial charge in [-0.2, -0.15) is 0 Å². The molecular weight excluding hydrogens is 492 g/mol. The molecule has 0 atom stereocenters. The SMILES string of the molecule is Cc1cc(C)c2nc(N3CCN(C(=O)c4ccc(S(=O)(=O)N(C)c5ccccc5)cc4)CC3)sc2c1. The summed E-state index contributed by atoms with van der Waals surface area (Å²) in [5, 5.41) is 0.989. The smallest absolute Gasteiger partial charge is 0.264 e. The summed E-state index contributed by atoms with van der Waals surface area (Å²) < 4.78 is 28.5. The van der Waals surface area contributed by atoms with Crippen LogP contribution < -0.4 is 9.21 Å². The van der Waals surface area contributed by atoms with Crippen molar-refractivity contribution in [3.8, 4) is 0 Å². The van der Waals surface area contributed by atoms with Gasteiger partial charge in [0.05, 0.1) is 20.8 Å². The van der Waals surface area contributed by atoms with Gasteiger partial charge >= 0.3 is 0 Å². The lowest BCUT2D eigenvalue weighted by atomic mass is 10.1. The number of rotatable bonds is 5. The van der Waals surface area contributed by atoms with Crippen molar-refractivity contribution in [3.63, 3.8) is 0 Å². The van der Waals surface area contributed by atoms with Gasteiger partial charge in [-0.15, -0.1) is 0 Å². The normalized spacial score (nSPS) is 14.3. The van der Waals surface area contributed by atoms with Crippen molar-refractivity contribution in [2.24, 2.45) is 0 Å². The summed E-state index contributed by atoms with van der Waals surface area (Å²) in [6.45, 7) is 6.77. The molecule has 4 aromatic rings. The Balaban J connectivity index is 1.25. The molecule has 0 bridgehead atoms. The number of aromatic nitrogens is 1. The zero-order chi connectivity index (χ0) is 25.4. The average Bonchev–Trinajstić information content (AvgIpc) is 3.33. The van der Waals surface area contributed by atoms with Crippen LogP contribution in [0.5, 0.6) is 0 Å². The molecule has 7 nitrogen and oxygen atoms in total. The van der Waals surface area contributed by atoms with Crippen LogP contribution in [0.3, 0.4) is 0 Å². The second kappa shape index (κ2) is 9.55. The zero-order valence-corrected chi connectivity index (χ0v) is 22.1. The molecule has 0 spiro atoms. The van der Waals surface area contributed by atoms with Crippen LogP contribution in [0.25, 0.3) is 10.2 Å². The number of carbonyl (C=O) groups is 1. The first-order valence-electron chi connectivity index (χ1n) is 11.8. The Bertz CT molecular complexity index is 1510. The lowest BCUT2D eigenvalue weighted by molar-refractivity contribution is 0.0746. The number of sulfonamides is 1. The maximum absolute atomic E-state index is 13.1. The van der Waals surface area contributed by atoms with Crippen LogP contribution >= 0.6 is 11.3 Å². The number of hydrogen-bond donors (Lipinski definition) is 0. The summed E-state index contributed by atoms with van der Waals surface area (Å²) in [5.74, 6) is -0.0919. The van der Waals surface area contributed by atoms with E-state index in [1.807, 2.05) is 11.0 Å². The van der Waals surface area contributed by atoms with E-state index < -0.39 is 10.0 Å². The van der Waals surface area contributed by atoms with Gasteiger partial charge < -0.3 is 9.80 Å². The van der Waals surface area contributed by atoms with Gasteiger partial charge in [-0.1, -0.05) is 35.6 Å². The highest BCUT2D eigenvalue weighted by molar-refractivity contribution is 7.92. The number of carbonyl (C=O) groups excluding carboxylic acids is 1. The van der Waals surface area contributed by atoms with Crippen molar-refractivity contribution in [2.75, 3.05) is 42.4 Å². The second-order valence-electron chi connectivity index (χ2n) is 9.04. The van der Waals surface area contributed by atoms with Crippen LogP contribution in [0, 0.1) is 13.8 Å². The van der Waals surface area contributed by atoms with Crippen molar-refractivity contribution in [2.45, 2.75) is 18.7 Å². The number of para-hydroxylation sites is 1. The number of amides is 1. The molecule has 1 aliphatic rings. The fraction of sp³-hybridized carbons (Fsp3) is 0.259.